The van der Waals surface area contributed by atoms with Crippen LogP contribution in [0.2, 0.25) is 0 Å². The topological polar surface area (TPSA) is 38.1 Å². The maximum absolute atomic E-state index is 13.2. The molecule has 2 heterocycles. The SMILES string of the molecule is O=C1CC(c2nc3ccccc3n2C/C=C\c2ccccc2)CN1c1cccc(C(F)(F)F)c1. The Morgan fingerprint density at radius 3 is 2.53 bits per heavy atom. The highest BCUT2D eigenvalue weighted by molar-refractivity contribution is 5.96. The number of alkyl halides is 3. The normalized spacial score (nSPS) is 16.7. The first-order valence-electron chi connectivity index (χ1n) is 11.0. The molecule has 1 aliphatic rings. The van der Waals surface area contributed by atoms with E-state index >= 15 is 0 Å². The summed E-state index contributed by atoms with van der Waals surface area (Å²) in [6.07, 6.45) is -0.180. The fourth-order valence-corrected chi connectivity index (χ4v) is 4.44. The van der Waals surface area contributed by atoms with Crippen molar-refractivity contribution >= 4 is 28.7 Å². The van der Waals surface area contributed by atoms with Crippen molar-refractivity contribution in [3.63, 3.8) is 0 Å². The van der Waals surface area contributed by atoms with Crippen LogP contribution in [0.25, 0.3) is 17.1 Å². The Bertz CT molecular complexity index is 1360. The van der Waals surface area contributed by atoms with E-state index < -0.39 is 11.7 Å². The fraction of sp³-hybridized carbons (Fsp3) is 0.185. The summed E-state index contributed by atoms with van der Waals surface area (Å²) in [6, 6.07) is 22.7. The second-order valence-electron chi connectivity index (χ2n) is 8.34. The molecule has 4 aromatic rings. The smallest absolute Gasteiger partial charge is 0.324 e. The maximum atomic E-state index is 13.2. The highest BCUT2D eigenvalue weighted by Gasteiger charge is 2.36. The molecule has 1 saturated heterocycles. The Morgan fingerprint density at radius 2 is 1.74 bits per heavy atom. The number of rotatable bonds is 5. The van der Waals surface area contributed by atoms with Crippen LogP contribution < -0.4 is 4.90 Å². The van der Waals surface area contributed by atoms with E-state index in [4.69, 9.17) is 4.98 Å². The van der Waals surface area contributed by atoms with Crippen LogP contribution >= 0.6 is 0 Å². The lowest BCUT2D eigenvalue weighted by Crippen LogP contribution is -2.25. The van der Waals surface area contributed by atoms with E-state index in [0.29, 0.717) is 6.54 Å². The van der Waals surface area contributed by atoms with Crippen molar-refractivity contribution < 1.29 is 18.0 Å². The third-order valence-corrected chi connectivity index (χ3v) is 6.06. The van der Waals surface area contributed by atoms with Crippen LogP contribution in [-0.4, -0.2) is 22.0 Å². The Hall–Kier alpha value is -3.87. The molecule has 1 aliphatic heterocycles. The number of halogens is 3. The second kappa shape index (κ2) is 8.82. The van der Waals surface area contributed by atoms with Gasteiger partial charge in [-0.3, -0.25) is 4.79 Å². The van der Waals surface area contributed by atoms with Gasteiger partial charge in [-0.25, -0.2) is 4.98 Å². The fourth-order valence-electron chi connectivity index (χ4n) is 4.44. The minimum atomic E-state index is -4.46. The number of hydrogen-bond acceptors (Lipinski definition) is 2. The van der Waals surface area contributed by atoms with E-state index in [1.54, 1.807) is 6.07 Å². The zero-order chi connectivity index (χ0) is 23.7. The molecule has 172 valence electrons. The molecule has 7 heteroatoms. The van der Waals surface area contributed by atoms with Gasteiger partial charge < -0.3 is 9.47 Å². The van der Waals surface area contributed by atoms with Crippen LogP contribution in [0.15, 0.2) is 84.9 Å². The molecule has 0 spiro atoms. The predicted octanol–water partition coefficient (Wildman–Crippen LogP) is 6.29. The molecule has 1 atom stereocenters. The van der Waals surface area contributed by atoms with Crippen molar-refractivity contribution in [3.05, 3.63) is 102 Å². The zero-order valence-electron chi connectivity index (χ0n) is 18.2. The van der Waals surface area contributed by atoms with E-state index in [1.165, 1.54) is 11.0 Å². The Labute approximate surface area is 195 Å². The number of para-hydroxylation sites is 2. The lowest BCUT2D eigenvalue weighted by molar-refractivity contribution is -0.137. The van der Waals surface area contributed by atoms with E-state index in [0.717, 1.165) is 34.6 Å². The number of hydrogen-bond donors (Lipinski definition) is 0. The molecule has 0 bridgehead atoms. The predicted molar refractivity (Wildman–Crippen MR) is 126 cm³/mol. The first-order valence-corrected chi connectivity index (χ1v) is 11.0. The summed E-state index contributed by atoms with van der Waals surface area (Å²) >= 11 is 0. The second-order valence-corrected chi connectivity index (χ2v) is 8.34. The molecule has 0 aliphatic carbocycles. The summed E-state index contributed by atoms with van der Waals surface area (Å²) < 4.78 is 41.6. The van der Waals surface area contributed by atoms with Gasteiger partial charge in [-0.05, 0) is 35.9 Å². The largest absolute Gasteiger partial charge is 0.416 e. The third kappa shape index (κ3) is 4.33. The van der Waals surface area contributed by atoms with Crippen LogP contribution in [0.4, 0.5) is 18.9 Å². The molecule has 1 fully saturated rings. The van der Waals surface area contributed by atoms with Crippen LogP contribution in [0.3, 0.4) is 0 Å². The molecule has 4 nitrogen and oxygen atoms in total. The Kier molecular flexibility index (Phi) is 5.69. The van der Waals surface area contributed by atoms with Crippen molar-refractivity contribution in [3.8, 4) is 0 Å². The number of aromatic nitrogens is 2. The number of carbonyl (C=O) groups is 1. The summed E-state index contributed by atoms with van der Waals surface area (Å²) in [5.41, 5.74) is 2.37. The van der Waals surface area contributed by atoms with Gasteiger partial charge in [0.2, 0.25) is 5.91 Å². The van der Waals surface area contributed by atoms with Crippen LogP contribution in [0.5, 0.6) is 0 Å². The van der Waals surface area contributed by atoms with E-state index in [1.807, 2.05) is 66.7 Å². The van der Waals surface area contributed by atoms with Crippen molar-refractivity contribution in [2.75, 3.05) is 11.4 Å². The summed E-state index contributed by atoms with van der Waals surface area (Å²) in [5.74, 6) is 0.337. The lowest BCUT2D eigenvalue weighted by Gasteiger charge is -2.18. The van der Waals surface area contributed by atoms with Gasteiger partial charge in [-0.2, -0.15) is 13.2 Å². The van der Waals surface area contributed by atoms with E-state index in [9.17, 15) is 18.0 Å². The van der Waals surface area contributed by atoms with Gasteiger partial charge >= 0.3 is 6.18 Å². The van der Waals surface area contributed by atoms with E-state index in [-0.39, 0.29) is 30.5 Å². The standard InChI is InChI=1S/C27H22F3N3O/c28-27(29,30)21-11-6-12-22(17-21)33-18-20(16-25(33)34)26-31-23-13-4-5-14-24(23)32(26)15-7-10-19-8-2-1-3-9-19/h1-14,17,20H,15-16,18H2/b10-7-. The first kappa shape index (κ1) is 21.9. The van der Waals surface area contributed by atoms with Crippen molar-refractivity contribution in [2.45, 2.75) is 25.1 Å². The molecular formula is C27H22F3N3O. The molecule has 1 aromatic heterocycles. The lowest BCUT2D eigenvalue weighted by atomic mass is 10.1. The number of allylic oxidation sites excluding steroid dienone is 1. The Morgan fingerprint density at radius 1 is 0.971 bits per heavy atom. The van der Waals surface area contributed by atoms with Crippen LogP contribution in [0.1, 0.15) is 29.3 Å². The number of fused-ring (bicyclic) bond motifs is 1. The van der Waals surface area contributed by atoms with Crippen molar-refractivity contribution in [2.24, 2.45) is 0 Å². The van der Waals surface area contributed by atoms with Crippen LogP contribution in [-0.2, 0) is 17.5 Å². The summed E-state index contributed by atoms with van der Waals surface area (Å²) in [4.78, 5) is 19.1. The maximum Gasteiger partial charge on any atom is 0.416 e. The summed E-state index contributed by atoms with van der Waals surface area (Å²) in [7, 11) is 0. The number of benzene rings is 3. The van der Waals surface area contributed by atoms with Crippen molar-refractivity contribution in [1.82, 2.24) is 9.55 Å². The molecule has 0 radical (unpaired) electrons. The summed E-state index contributed by atoms with van der Waals surface area (Å²) in [6.45, 7) is 0.852. The number of nitrogens with zero attached hydrogens (tertiary/aromatic N) is 3. The van der Waals surface area contributed by atoms with Gasteiger partial charge in [0.1, 0.15) is 5.82 Å². The monoisotopic (exact) mass is 461 g/mol. The average Bonchev–Trinajstić information content (AvgIpc) is 3.40. The molecule has 3 aromatic carbocycles. The van der Waals surface area contributed by atoms with Crippen LogP contribution in [0, 0.1) is 0 Å². The average molecular weight is 461 g/mol. The quantitative estimate of drug-likeness (QED) is 0.350. The number of anilines is 1. The number of imidazole rings is 1. The van der Waals surface area contributed by atoms with E-state index in [2.05, 4.69) is 4.57 Å². The molecule has 0 N–H and O–H groups in total. The molecule has 5 rings (SSSR count). The van der Waals surface area contributed by atoms with Gasteiger partial charge in [0, 0.05) is 31.1 Å². The van der Waals surface area contributed by atoms with Gasteiger partial charge in [-0.1, -0.05) is 60.7 Å². The highest BCUT2D eigenvalue weighted by Crippen LogP contribution is 2.36. The van der Waals surface area contributed by atoms with Gasteiger partial charge in [0.05, 0.1) is 16.6 Å². The zero-order valence-corrected chi connectivity index (χ0v) is 18.2. The number of amides is 1. The minimum Gasteiger partial charge on any atom is -0.324 e. The van der Waals surface area contributed by atoms with Gasteiger partial charge in [0.25, 0.3) is 0 Å². The molecule has 1 unspecified atom stereocenters. The molecular weight excluding hydrogens is 439 g/mol. The third-order valence-electron chi connectivity index (χ3n) is 6.06. The minimum absolute atomic E-state index is 0.196. The Balaban J connectivity index is 1.45. The molecule has 34 heavy (non-hydrogen) atoms. The van der Waals surface area contributed by atoms with Gasteiger partial charge in [-0.15, -0.1) is 0 Å². The number of carbonyl (C=O) groups excluding carboxylic acids is 1. The molecule has 0 saturated carbocycles. The highest BCUT2D eigenvalue weighted by atomic mass is 19.4. The van der Waals surface area contributed by atoms with Gasteiger partial charge in [0.15, 0.2) is 0 Å². The summed E-state index contributed by atoms with van der Waals surface area (Å²) in [5, 5.41) is 0. The molecule has 1 amide bonds. The van der Waals surface area contributed by atoms with Crippen molar-refractivity contribution in [1.29, 1.82) is 0 Å². The first-order chi connectivity index (χ1) is 16.4.